The molecule has 3 heterocycles. The van der Waals surface area contributed by atoms with Crippen molar-refractivity contribution in [2.45, 2.75) is 90.5 Å². The minimum atomic E-state index is -2.66. The molecule has 1 aliphatic heterocycles. The number of nitrogens with zero attached hydrogens (tertiary/aromatic N) is 3. The average Bonchev–Trinajstić information content (AvgIpc) is 3.62. The Bertz CT molecular complexity index is 1340. The van der Waals surface area contributed by atoms with Crippen LogP contribution in [0.1, 0.15) is 86.8 Å². The van der Waals surface area contributed by atoms with Crippen LogP contribution in [-0.2, 0) is 16.9 Å². The summed E-state index contributed by atoms with van der Waals surface area (Å²) in [5.74, 6) is -0.301. The topological polar surface area (TPSA) is 96.7 Å². The summed E-state index contributed by atoms with van der Waals surface area (Å²) >= 11 is 0.734. The van der Waals surface area contributed by atoms with Crippen molar-refractivity contribution in [2.75, 3.05) is 11.9 Å². The number of carbonyl (C=O) groups excluding carboxylic acids is 2. The van der Waals surface area contributed by atoms with Crippen molar-refractivity contribution in [3.63, 3.8) is 0 Å². The standard InChI is InChI=1S/C28H36F2N4O4S/c1-6-28(37,7-2)17-10-11-20-19(15-17)31-25(32-24(35)22-13-12-21(39-22)23(29)30)34(20)16-18-9-8-14-33(18)26(36)38-27(3,4)5/h10-13,15,18,23,37H,6-9,14,16H2,1-5H3,(H,31,32,35). The number of thiophene rings is 1. The molecule has 0 spiro atoms. The Labute approximate surface area is 231 Å². The number of rotatable bonds is 8. The molecule has 212 valence electrons. The molecule has 1 aromatic carbocycles. The molecule has 3 aromatic rings. The van der Waals surface area contributed by atoms with E-state index < -0.39 is 29.6 Å². The maximum atomic E-state index is 13.1. The fourth-order valence-corrected chi connectivity index (χ4v) is 5.67. The number of hydrogen-bond acceptors (Lipinski definition) is 6. The first-order chi connectivity index (χ1) is 18.3. The summed E-state index contributed by atoms with van der Waals surface area (Å²) in [4.78, 5) is 32.3. The second-order valence-corrected chi connectivity index (χ2v) is 12.0. The van der Waals surface area contributed by atoms with Crippen molar-refractivity contribution >= 4 is 40.3 Å². The van der Waals surface area contributed by atoms with Crippen LogP contribution in [0.5, 0.6) is 0 Å². The Morgan fingerprint density at radius 3 is 2.54 bits per heavy atom. The maximum absolute atomic E-state index is 13.1. The van der Waals surface area contributed by atoms with Crippen LogP contribution in [0, 0.1) is 0 Å². The maximum Gasteiger partial charge on any atom is 0.410 e. The first-order valence-electron chi connectivity index (χ1n) is 13.3. The summed E-state index contributed by atoms with van der Waals surface area (Å²) in [6.07, 6.45) is -0.436. The number of hydrogen-bond donors (Lipinski definition) is 2. The Balaban J connectivity index is 1.71. The van der Waals surface area contributed by atoms with Crippen molar-refractivity contribution in [2.24, 2.45) is 0 Å². The number of aromatic nitrogens is 2. The van der Waals surface area contributed by atoms with Gasteiger partial charge in [0.15, 0.2) is 0 Å². The van der Waals surface area contributed by atoms with Gasteiger partial charge in [0.05, 0.1) is 32.4 Å². The van der Waals surface area contributed by atoms with E-state index in [1.165, 1.54) is 12.1 Å². The Morgan fingerprint density at radius 2 is 1.92 bits per heavy atom. The van der Waals surface area contributed by atoms with Gasteiger partial charge in [-0.1, -0.05) is 19.9 Å². The van der Waals surface area contributed by atoms with E-state index in [4.69, 9.17) is 4.74 Å². The van der Waals surface area contributed by atoms with Crippen molar-refractivity contribution in [3.05, 3.63) is 45.6 Å². The Hall–Kier alpha value is -3.05. The summed E-state index contributed by atoms with van der Waals surface area (Å²) in [5.41, 5.74) is 0.375. The van der Waals surface area contributed by atoms with Gasteiger partial charge in [0.2, 0.25) is 5.95 Å². The number of aliphatic hydroxyl groups is 1. The molecular formula is C28H36F2N4O4S. The van der Waals surface area contributed by atoms with Gasteiger partial charge in [0.25, 0.3) is 12.3 Å². The van der Waals surface area contributed by atoms with Gasteiger partial charge in [-0.05, 0) is 76.3 Å². The predicted molar refractivity (Wildman–Crippen MR) is 147 cm³/mol. The SMILES string of the molecule is CCC(O)(CC)c1ccc2c(c1)nc(NC(=O)c1ccc(C(F)F)s1)n2CC1CCCN1C(=O)OC(C)(C)C. The number of alkyl halides is 2. The third kappa shape index (κ3) is 6.24. The van der Waals surface area contributed by atoms with Gasteiger partial charge in [-0.15, -0.1) is 11.3 Å². The molecule has 2 aromatic heterocycles. The molecule has 0 aliphatic carbocycles. The summed E-state index contributed by atoms with van der Waals surface area (Å²) in [6, 6.07) is 7.95. The van der Waals surface area contributed by atoms with Crippen LogP contribution in [0.25, 0.3) is 11.0 Å². The van der Waals surface area contributed by atoms with Crippen molar-refractivity contribution < 1.29 is 28.2 Å². The highest BCUT2D eigenvalue weighted by atomic mass is 32.1. The molecule has 0 saturated carbocycles. The van der Waals surface area contributed by atoms with Crippen LogP contribution in [0.4, 0.5) is 19.5 Å². The van der Waals surface area contributed by atoms with Crippen LogP contribution in [-0.4, -0.2) is 49.7 Å². The minimum Gasteiger partial charge on any atom is -0.444 e. The van der Waals surface area contributed by atoms with Gasteiger partial charge in [0, 0.05) is 13.1 Å². The molecule has 1 saturated heterocycles. The fourth-order valence-electron chi connectivity index (χ4n) is 4.91. The zero-order valence-electron chi connectivity index (χ0n) is 23.0. The lowest BCUT2D eigenvalue weighted by molar-refractivity contribution is 0.0214. The van der Waals surface area contributed by atoms with Crippen LogP contribution in [0.15, 0.2) is 30.3 Å². The zero-order chi connectivity index (χ0) is 28.5. The summed E-state index contributed by atoms with van der Waals surface area (Å²) in [6.45, 7) is 10.2. The highest BCUT2D eigenvalue weighted by molar-refractivity contribution is 7.14. The van der Waals surface area contributed by atoms with Crippen molar-refractivity contribution in [3.8, 4) is 0 Å². The van der Waals surface area contributed by atoms with E-state index in [0.717, 1.165) is 35.3 Å². The van der Waals surface area contributed by atoms with E-state index in [-0.39, 0.29) is 21.7 Å². The fraction of sp³-hybridized carbons (Fsp3) is 0.536. The lowest BCUT2D eigenvalue weighted by atomic mass is 9.88. The third-order valence-corrected chi connectivity index (χ3v) is 8.24. The van der Waals surface area contributed by atoms with Gasteiger partial charge in [-0.2, -0.15) is 0 Å². The molecule has 39 heavy (non-hydrogen) atoms. The van der Waals surface area contributed by atoms with E-state index in [2.05, 4.69) is 10.3 Å². The Morgan fingerprint density at radius 1 is 1.21 bits per heavy atom. The Kier molecular flexibility index (Phi) is 8.32. The van der Waals surface area contributed by atoms with Gasteiger partial charge >= 0.3 is 6.09 Å². The minimum absolute atomic E-state index is 0.146. The molecule has 2 amide bonds. The lowest BCUT2D eigenvalue weighted by Crippen LogP contribution is -2.41. The second-order valence-electron chi connectivity index (χ2n) is 10.9. The average molecular weight is 563 g/mol. The first-order valence-corrected chi connectivity index (χ1v) is 14.1. The van der Waals surface area contributed by atoms with Crippen molar-refractivity contribution in [1.29, 1.82) is 0 Å². The molecule has 1 aliphatic rings. The molecule has 1 atom stereocenters. The monoisotopic (exact) mass is 562 g/mol. The highest BCUT2D eigenvalue weighted by Gasteiger charge is 2.34. The van der Waals surface area contributed by atoms with E-state index in [0.29, 0.717) is 31.4 Å². The summed E-state index contributed by atoms with van der Waals surface area (Å²) < 4.78 is 33.6. The number of amides is 2. The van der Waals surface area contributed by atoms with Crippen LogP contribution < -0.4 is 5.32 Å². The van der Waals surface area contributed by atoms with Gasteiger partial charge in [-0.3, -0.25) is 10.1 Å². The molecular weight excluding hydrogens is 526 g/mol. The molecule has 0 radical (unpaired) electrons. The van der Waals surface area contributed by atoms with Gasteiger partial charge < -0.3 is 19.3 Å². The molecule has 2 N–H and O–H groups in total. The largest absolute Gasteiger partial charge is 0.444 e. The number of halogens is 2. The molecule has 11 heteroatoms. The van der Waals surface area contributed by atoms with E-state index in [9.17, 15) is 23.5 Å². The van der Waals surface area contributed by atoms with E-state index in [1.807, 2.05) is 57.4 Å². The highest BCUT2D eigenvalue weighted by Crippen LogP contribution is 2.33. The second kappa shape index (κ2) is 11.2. The normalized spacial score (nSPS) is 16.3. The van der Waals surface area contributed by atoms with Gasteiger partial charge in [0.1, 0.15) is 5.60 Å². The molecule has 1 fully saturated rings. The number of anilines is 1. The van der Waals surface area contributed by atoms with Crippen LogP contribution >= 0.6 is 11.3 Å². The number of fused-ring (bicyclic) bond motifs is 1. The van der Waals surface area contributed by atoms with Gasteiger partial charge in [-0.25, -0.2) is 18.6 Å². The first kappa shape index (κ1) is 28.9. The smallest absolute Gasteiger partial charge is 0.410 e. The third-order valence-electron chi connectivity index (χ3n) is 7.14. The number of nitrogens with one attached hydrogen (secondary N) is 1. The number of imidazole rings is 1. The molecule has 8 nitrogen and oxygen atoms in total. The zero-order valence-corrected chi connectivity index (χ0v) is 23.8. The van der Waals surface area contributed by atoms with E-state index >= 15 is 0 Å². The quantitative estimate of drug-likeness (QED) is 0.319. The summed E-state index contributed by atoms with van der Waals surface area (Å²) in [7, 11) is 0. The van der Waals surface area contributed by atoms with Crippen molar-refractivity contribution in [1.82, 2.24) is 14.5 Å². The number of benzene rings is 1. The van der Waals surface area contributed by atoms with Crippen LogP contribution in [0.3, 0.4) is 0 Å². The molecule has 4 rings (SSSR count). The predicted octanol–water partition coefficient (Wildman–Crippen LogP) is 6.69. The molecule has 1 unspecified atom stereocenters. The van der Waals surface area contributed by atoms with Crippen LogP contribution in [0.2, 0.25) is 0 Å². The number of carbonyl (C=O) groups is 2. The number of likely N-dealkylation sites (tertiary alicyclic amines) is 1. The molecule has 0 bridgehead atoms. The lowest BCUT2D eigenvalue weighted by Gasteiger charge is -2.29. The number of ether oxygens (including phenoxy) is 1. The summed E-state index contributed by atoms with van der Waals surface area (Å²) in [5, 5.41) is 13.9. The van der Waals surface area contributed by atoms with E-state index in [1.54, 1.807) is 4.90 Å².